The van der Waals surface area contributed by atoms with Gasteiger partial charge in [0.05, 0.1) is 16.7 Å². The summed E-state index contributed by atoms with van der Waals surface area (Å²) in [4.78, 5) is 1.14. The highest BCUT2D eigenvalue weighted by Crippen LogP contribution is 2.41. The topological polar surface area (TPSA) is 32.3 Å². The van der Waals surface area contributed by atoms with Gasteiger partial charge < -0.3 is 10.4 Å². The van der Waals surface area contributed by atoms with E-state index in [1.807, 2.05) is 30.0 Å². The first-order chi connectivity index (χ1) is 9.08. The van der Waals surface area contributed by atoms with Crippen molar-refractivity contribution < 1.29 is 5.11 Å². The Morgan fingerprint density at radius 1 is 1.42 bits per heavy atom. The number of likely N-dealkylation sites (N-methyl/N-ethyl adjacent to an activating group) is 1. The Hall–Kier alpha value is 0.0700. The van der Waals surface area contributed by atoms with Gasteiger partial charge in [0.2, 0.25) is 0 Å². The minimum absolute atomic E-state index is 0.0946. The standard InChI is InChI=1S/C14H19Cl2NOS/c1-2-17-14(9-18)6-5-11(8-14)19-10-3-4-12(15)13(16)7-10/h3-4,7,11,17-18H,2,5-6,8-9H2,1H3. The fourth-order valence-corrected chi connectivity index (χ4v) is 4.37. The predicted octanol–water partition coefficient (Wildman–Crippen LogP) is 3.98. The van der Waals surface area contributed by atoms with Gasteiger partial charge in [0.25, 0.3) is 0 Å². The van der Waals surface area contributed by atoms with Gasteiger partial charge in [-0.25, -0.2) is 0 Å². The number of aliphatic hydroxyl groups excluding tert-OH is 1. The van der Waals surface area contributed by atoms with Crippen molar-refractivity contribution in [3.05, 3.63) is 28.2 Å². The summed E-state index contributed by atoms with van der Waals surface area (Å²) >= 11 is 13.8. The van der Waals surface area contributed by atoms with E-state index in [0.717, 1.165) is 30.7 Å². The van der Waals surface area contributed by atoms with E-state index < -0.39 is 0 Å². The van der Waals surface area contributed by atoms with Gasteiger partial charge >= 0.3 is 0 Å². The summed E-state index contributed by atoms with van der Waals surface area (Å²) in [5.41, 5.74) is -0.0946. The lowest BCUT2D eigenvalue weighted by atomic mass is 9.99. The summed E-state index contributed by atoms with van der Waals surface area (Å²) in [6.07, 6.45) is 3.12. The molecule has 5 heteroatoms. The van der Waals surface area contributed by atoms with Crippen molar-refractivity contribution in [2.45, 2.75) is 41.9 Å². The number of thioether (sulfide) groups is 1. The molecule has 0 radical (unpaired) electrons. The van der Waals surface area contributed by atoms with Crippen LogP contribution in [0.4, 0.5) is 0 Å². The molecule has 1 aliphatic rings. The molecule has 1 fully saturated rings. The third-order valence-corrected chi connectivity index (χ3v) is 5.61. The molecule has 2 atom stereocenters. The molecule has 2 N–H and O–H groups in total. The molecule has 0 saturated heterocycles. The van der Waals surface area contributed by atoms with Gasteiger partial charge in [0, 0.05) is 15.7 Å². The summed E-state index contributed by atoms with van der Waals surface area (Å²) in [6.45, 7) is 3.18. The van der Waals surface area contributed by atoms with Crippen LogP contribution in [0.25, 0.3) is 0 Å². The number of aliphatic hydroxyl groups is 1. The van der Waals surface area contributed by atoms with Crippen molar-refractivity contribution in [2.75, 3.05) is 13.2 Å². The minimum atomic E-state index is -0.0946. The average molecular weight is 320 g/mol. The first-order valence-electron chi connectivity index (χ1n) is 6.56. The third-order valence-electron chi connectivity index (χ3n) is 3.61. The van der Waals surface area contributed by atoms with E-state index >= 15 is 0 Å². The molecule has 1 saturated carbocycles. The Morgan fingerprint density at radius 2 is 2.21 bits per heavy atom. The zero-order valence-corrected chi connectivity index (χ0v) is 13.3. The Kier molecular flexibility index (Phi) is 5.44. The van der Waals surface area contributed by atoms with Gasteiger partial charge in [0.15, 0.2) is 0 Å². The molecule has 2 unspecified atom stereocenters. The van der Waals surface area contributed by atoms with E-state index in [1.165, 1.54) is 0 Å². The van der Waals surface area contributed by atoms with Crippen LogP contribution >= 0.6 is 35.0 Å². The SMILES string of the molecule is CCNC1(CO)CCC(Sc2ccc(Cl)c(Cl)c2)C1. The van der Waals surface area contributed by atoms with Crippen LogP contribution in [-0.4, -0.2) is 29.0 Å². The molecule has 0 spiro atoms. The number of hydrogen-bond acceptors (Lipinski definition) is 3. The lowest BCUT2D eigenvalue weighted by Crippen LogP contribution is -2.46. The first kappa shape index (κ1) is 15.5. The maximum Gasteiger partial charge on any atom is 0.0613 e. The smallest absolute Gasteiger partial charge is 0.0613 e. The number of rotatable bonds is 5. The first-order valence-corrected chi connectivity index (χ1v) is 8.20. The van der Waals surface area contributed by atoms with E-state index in [0.29, 0.717) is 15.3 Å². The Balaban J connectivity index is 1.99. The molecule has 0 aromatic heterocycles. The highest BCUT2D eigenvalue weighted by molar-refractivity contribution is 8.00. The van der Waals surface area contributed by atoms with Crippen molar-refractivity contribution in [2.24, 2.45) is 0 Å². The lowest BCUT2D eigenvalue weighted by Gasteiger charge is -2.28. The molecule has 0 aliphatic heterocycles. The third kappa shape index (κ3) is 3.79. The monoisotopic (exact) mass is 319 g/mol. The van der Waals surface area contributed by atoms with Gasteiger partial charge in [-0.05, 0) is 44.0 Å². The molecule has 1 aliphatic carbocycles. The van der Waals surface area contributed by atoms with Crippen LogP contribution in [0.3, 0.4) is 0 Å². The normalized spacial score (nSPS) is 26.8. The maximum absolute atomic E-state index is 9.60. The Bertz CT molecular complexity index is 443. The van der Waals surface area contributed by atoms with E-state index in [9.17, 15) is 5.11 Å². The average Bonchev–Trinajstić information content (AvgIpc) is 2.78. The van der Waals surface area contributed by atoms with Gasteiger partial charge in [-0.15, -0.1) is 11.8 Å². The highest BCUT2D eigenvalue weighted by Gasteiger charge is 2.38. The Labute approximate surface area is 128 Å². The quantitative estimate of drug-likeness (QED) is 0.861. The molecule has 0 bridgehead atoms. The fraction of sp³-hybridized carbons (Fsp3) is 0.571. The summed E-state index contributed by atoms with van der Waals surface area (Å²) in [5.74, 6) is 0. The van der Waals surface area contributed by atoms with Gasteiger partial charge in [-0.2, -0.15) is 0 Å². The van der Waals surface area contributed by atoms with Crippen LogP contribution in [0.5, 0.6) is 0 Å². The molecule has 1 aromatic rings. The van der Waals surface area contributed by atoms with Crippen LogP contribution in [-0.2, 0) is 0 Å². The second-order valence-corrected chi connectivity index (χ2v) is 7.22. The maximum atomic E-state index is 9.60. The summed E-state index contributed by atoms with van der Waals surface area (Å²) in [7, 11) is 0. The van der Waals surface area contributed by atoms with Crippen molar-refractivity contribution in [3.63, 3.8) is 0 Å². The van der Waals surface area contributed by atoms with Crippen molar-refractivity contribution in [1.29, 1.82) is 0 Å². The molecule has 0 amide bonds. The van der Waals surface area contributed by atoms with Gasteiger partial charge in [-0.1, -0.05) is 30.1 Å². The molecular formula is C14H19Cl2NOS. The highest BCUT2D eigenvalue weighted by atomic mass is 35.5. The van der Waals surface area contributed by atoms with Crippen molar-refractivity contribution in [1.82, 2.24) is 5.32 Å². The number of benzene rings is 1. The van der Waals surface area contributed by atoms with Crippen molar-refractivity contribution in [3.8, 4) is 0 Å². The molecular weight excluding hydrogens is 301 g/mol. The lowest BCUT2D eigenvalue weighted by molar-refractivity contribution is 0.167. The summed E-state index contributed by atoms with van der Waals surface area (Å²) in [6, 6.07) is 5.76. The second-order valence-electron chi connectivity index (χ2n) is 5.03. The van der Waals surface area contributed by atoms with E-state index in [2.05, 4.69) is 12.2 Å². The molecule has 19 heavy (non-hydrogen) atoms. The van der Waals surface area contributed by atoms with E-state index in [4.69, 9.17) is 23.2 Å². The zero-order chi connectivity index (χ0) is 13.9. The fourth-order valence-electron chi connectivity index (χ4n) is 2.66. The van der Waals surface area contributed by atoms with Crippen LogP contribution in [0.1, 0.15) is 26.2 Å². The van der Waals surface area contributed by atoms with E-state index in [1.54, 1.807) is 0 Å². The van der Waals surface area contributed by atoms with Gasteiger partial charge in [-0.3, -0.25) is 0 Å². The number of hydrogen-bond donors (Lipinski definition) is 2. The summed E-state index contributed by atoms with van der Waals surface area (Å²) < 4.78 is 0. The summed E-state index contributed by atoms with van der Waals surface area (Å²) in [5, 5.41) is 14.7. The molecule has 1 aromatic carbocycles. The molecule has 106 valence electrons. The second kappa shape index (κ2) is 6.68. The Morgan fingerprint density at radius 3 is 2.84 bits per heavy atom. The predicted molar refractivity (Wildman–Crippen MR) is 83.5 cm³/mol. The zero-order valence-electron chi connectivity index (χ0n) is 11.0. The number of nitrogens with one attached hydrogen (secondary N) is 1. The molecule has 0 heterocycles. The minimum Gasteiger partial charge on any atom is -0.394 e. The van der Waals surface area contributed by atoms with Crippen molar-refractivity contribution >= 4 is 35.0 Å². The van der Waals surface area contributed by atoms with Crippen LogP contribution < -0.4 is 5.32 Å². The van der Waals surface area contributed by atoms with Gasteiger partial charge in [0.1, 0.15) is 0 Å². The van der Waals surface area contributed by atoms with Crippen LogP contribution in [0.15, 0.2) is 23.1 Å². The van der Waals surface area contributed by atoms with Crippen LogP contribution in [0.2, 0.25) is 10.0 Å². The molecule has 2 rings (SSSR count). The van der Waals surface area contributed by atoms with Crippen LogP contribution in [0, 0.1) is 0 Å². The number of halogens is 2. The molecule has 2 nitrogen and oxygen atoms in total. The largest absolute Gasteiger partial charge is 0.394 e. The van der Waals surface area contributed by atoms with E-state index in [-0.39, 0.29) is 12.1 Å².